The number of aryl methyl sites for hydroxylation is 1. The van der Waals surface area contributed by atoms with Crippen molar-refractivity contribution in [3.8, 4) is 0 Å². The highest BCUT2D eigenvalue weighted by Crippen LogP contribution is 2.25. The second-order valence-electron chi connectivity index (χ2n) is 7.62. The fourth-order valence-corrected chi connectivity index (χ4v) is 3.18. The second-order valence-corrected chi connectivity index (χ2v) is 8.48. The van der Waals surface area contributed by atoms with Crippen LogP contribution in [0.25, 0.3) is 0 Å². The van der Waals surface area contributed by atoms with E-state index in [4.69, 9.17) is 0 Å². The number of guanidine groups is 1. The highest BCUT2D eigenvalue weighted by molar-refractivity contribution is 7.09. The standard InChI is InChI=1S/C18H30N6OS/c1-7-19-16(20-9-14-11-26-15(23-14)17(2,3)4)21-12-18(5,25)13-8-22-24(6)10-13/h8,10-11,25H,7,9,12H2,1-6H3,(H2,19,20,21). The molecule has 0 aromatic carbocycles. The van der Waals surface area contributed by atoms with Crippen molar-refractivity contribution in [3.05, 3.63) is 34.0 Å². The van der Waals surface area contributed by atoms with Gasteiger partial charge in [-0.15, -0.1) is 11.3 Å². The van der Waals surface area contributed by atoms with E-state index >= 15 is 0 Å². The molecule has 1 unspecified atom stereocenters. The van der Waals surface area contributed by atoms with Crippen LogP contribution < -0.4 is 10.6 Å². The van der Waals surface area contributed by atoms with Crippen molar-refractivity contribution >= 4 is 17.3 Å². The van der Waals surface area contributed by atoms with E-state index in [1.54, 1.807) is 29.1 Å². The number of nitrogens with one attached hydrogen (secondary N) is 2. The monoisotopic (exact) mass is 378 g/mol. The summed E-state index contributed by atoms with van der Waals surface area (Å²) >= 11 is 1.67. The van der Waals surface area contributed by atoms with Crippen LogP contribution in [0, 0.1) is 0 Å². The maximum Gasteiger partial charge on any atom is 0.191 e. The van der Waals surface area contributed by atoms with Crippen LogP contribution in [0.15, 0.2) is 22.8 Å². The lowest BCUT2D eigenvalue weighted by Crippen LogP contribution is -2.44. The molecule has 2 aromatic rings. The first-order valence-electron chi connectivity index (χ1n) is 8.80. The molecule has 0 saturated heterocycles. The van der Waals surface area contributed by atoms with Gasteiger partial charge in [-0.3, -0.25) is 4.68 Å². The SMILES string of the molecule is CCNC(=NCc1csc(C(C)(C)C)n1)NCC(C)(O)c1cnn(C)c1. The fraction of sp³-hybridized carbons (Fsp3) is 0.611. The van der Waals surface area contributed by atoms with E-state index in [1.165, 1.54) is 0 Å². The molecule has 144 valence electrons. The summed E-state index contributed by atoms with van der Waals surface area (Å²) in [7, 11) is 1.83. The average Bonchev–Trinajstić information content (AvgIpc) is 3.19. The molecular weight excluding hydrogens is 348 g/mol. The largest absolute Gasteiger partial charge is 0.383 e. The van der Waals surface area contributed by atoms with Gasteiger partial charge in [0.15, 0.2) is 5.96 Å². The molecule has 0 aliphatic heterocycles. The van der Waals surface area contributed by atoms with Gasteiger partial charge in [-0.1, -0.05) is 20.8 Å². The molecule has 0 bridgehead atoms. The Morgan fingerprint density at radius 3 is 2.58 bits per heavy atom. The van der Waals surface area contributed by atoms with Gasteiger partial charge in [0, 0.05) is 36.1 Å². The van der Waals surface area contributed by atoms with Gasteiger partial charge in [0.05, 0.1) is 30.0 Å². The Morgan fingerprint density at radius 2 is 2.04 bits per heavy atom. The number of aromatic nitrogens is 3. The normalized spacial score (nSPS) is 15.0. The summed E-state index contributed by atoms with van der Waals surface area (Å²) in [4.78, 5) is 9.26. The Morgan fingerprint density at radius 1 is 1.31 bits per heavy atom. The van der Waals surface area contributed by atoms with Crippen molar-refractivity contribution in [3.63, 3.8) is 0 Å². The van der Waals surface area contributed by atoms with Crippen LogP contribution in [0.2, 0.25) is 0 Å². The number of aliphatic imine (C=N–C) groups is 1. The number of thiazole rings is 1. The van der Waals surface area contributed by atoms with Crippen molar-refractivity contribution in [2.24, 2.45) is 12.0 Å². The maximum atomic E-state index is 10.7. The summed E-state index contributed by atoms with van der Waals surface area (Å²) in [6.07, 6.45) is 3.49. The highest BCUT2D eigenvalue weighted by Gasteiger charge is 2.25. The minimum atomic E-state index is -1.04. The molecule has 0 aliphatic carbocycles. The minimum absolute atomic E-state index is 0.0534. The Bertz CT molecular complexity index is 741. The highest BCUT2D eigenvalue weighted by atomic mass is 32.1. The smallest absolute Gasteiger partial charge is 0.191 e. The van der Waals surface area contributed by atoms with E-state index in [0.29, 0.717) is 19.0 Å². The summed E-state index contributed by atoms with van der Waals surface area (Å²) in [6, 6.07) is 0. The molecule has 7 nitrogen and oxygen atoms in total. The summed E-state index contributed by atoms with van der Waals surface area (Å²) in [5.74, 6) is 0.655. The number of rotatable bonds is 6. The summed E-state index contributed by atoms with van der Waals surface area (Å²) in [5, 5.41) is 24.4. The van der Waals surface area contributed by atoms with Crippen molar-refractivity contribution < 1.29 is 5.11 Å². The lowest BCUT2D eigenvalue weighted by atomic mass is 9.98. The molecule has 8 heteroatoms. The van der Waals surface area contributed by atoms with Gasteiger partial charge in [-0.05, 0) is 13.8 Å². The minimum Gasteiger partial charge on any atom is -0.383 e. The Labute approximate surface area is 159 Å². The summed E-state index contributed by atoms with van der Waals surface area (Å²) < 4.78 is 1.68. The first-order valence-corrected chi connectivity index (χ1v) is 9.68. The molecule has 2 heterocycles. The molecule has 0 fully saturated rings. The topological polar surface area (TPSA) is 87.4 Å². The molecule has 2 rings (SSSR count). The molecule has 0 radical (unpaired) electrons. The van der Waals surface area contributed by atoms with Crippen LogP contribution >= 0.6 is 11.3 Å². The molecule has 0 spiro atoms. The number of hydrogen-bond acceptors (Lipinski definition) is 5. The van der Waals surface area contributed by atoms with Crippen molar-refractivity contribution in [1.29, 1.82) is 0 Å². The Hall–Kier alpha value is -1.93. The van der Waals surface area contributed by atoms with Crippen LogP contribution in [0.5, 0.6) is 0 Å². The van der Waals surface area contributed by atoms with Gasteiger partial charge in [-0.25, -0.2) is 9.98 Å². The van der Waals surface area contributed by atoms with E-state index in [1.807, 2.05) is 20.2 Å². The van der Waals surface area contributed by atoms with E-state index in [2.05, 4.69) is 51.9 Å². The molecule has 0 saturated carbocycles. The molecule has 3 N–H and O–H groups in total. The third-order valence-corrected chi connectivity index (χ3v) is 5.18. The van der Waals surface area contributed by atoms with Crippen LogP contribution in [0.4, 0.5) is 0 Å². The zero-order chi connectivity index (χ0) is 19.4. The fourth-order valence-electron chi connectivity index (χ4n) is 2.28. The first-order chi connectivity index (χ1) is 12.1. The lowest BCUT2D eigenvalue weighted by Gasteiger charge is -2.23. The molecule has 2 aromatic heterocycles. The third-order valence-electron chi connectivity index (χ3n) is 3.86. The molecule has 1 atom stereocenters. The number of nitrogens with zero attached hydrogens (tertiary/aromatic N) is 4. The Kier molecular flexibility index (Phi) is 6.41. The summed E-state index contributed by atoms with van der Waals surface area (Å²) in [5.41, 5.74) is 0.733. The summed E-state index contributed by atoms with van der Waals surface area (Å²) in [6.45, 7) is 11.8. The van der Waals surface area contributed by atoms with E-state index < -0.39 is 5.60 Å². The number of aliphatic hydroxyl groups is 1. The third kappa shape index (κ3) is 5.54. The zero-order valence-corrected chi connectivity index (χ0v) is 17.3. The molecule has 26 heavy (non-hydrogen) atoms. The molecule has 0 amide bonds. The van der Waals surface area contributed by atoms with Crippen LogP contribution in [0.1, 0.15) is 50.9 Å². The average molecular weight is 379 g/mol. The second kappa shape index (κ2) is 8.18. The van der Waals surface area contributed by atoms with Gasteiger partial charge in [0.1, 0.15) is 5.60 Å². The quantitative estimate of drug-likeness (QED) is 0.529. The number of hydrogen-bond donors (Lipinski definition) is 3. The first kappa shape index (κ1) is 20.4. The zero-order valence-electron chi connectivity index (χ0n) is 16.5. The van der Waals surface area contributed by atoms with Crippen molar-refractivity contribution in [2.75, 3.05) is 13.1 Å². The maximum absolute atomic E-state index is 10.7. The van der Waals surface area contributed by atoms with E-state index in [9.17, 15) is 5.11 Å². The lowest BCUT2D eigenvalue weighted by molar-refractivity contribution is 0.0616. The van der Waals surface area contributed by atoms with Gasteiger partial charge < -0.3 is 15.7 Å². The van der Waals surface area contributed by atoms with Crippen LogP contribution in [-0.2, 0) is 24.6 Å². The Balaban J connectivity index is 2.01. The van der Waals surface area contributed by atoms with Gasteiger partial charge in [-0.2, -0.15) is 5.10 Å². The van der Waals surface area contributed by atoms with Gasteiger partial charge >= 0.3 is 0 Å². The van der Waals surface area contributed by atoms with Crippen molar-refractivity contribution in [2.45, 2.75) is 52.2 Å². The van der Waals surface area contributed by atoms with Gasteiger partial charge in [0.25, 0.3) is 0 Å². The predicted octanol–water partition coefficient (Wildman–Crippen LogP) is 2.14. The van der Waals surface area contributed by atoms with Crippen LogP contribution in [-0.4, -0.2) is 38.9 Å². The molecule has 0 aliphatic rings. The van der Waals surface area contributed by atoms with E-state index in [-0.39, 0.29) is 5.41 Å². The van der Waals surface area contributed by atoms with Crippen LogP contribution in [0.3, 0.4) is 0 Å². The predicted molar refractivity (Wildman–Crippen MR) is 106 cm³/mol. The van der Waals surface area contributed by atoms with Crippen molar-refractivity contribution in [1.82, 2.24) is 25.4 Å². The van der Waals surface area contributed by atoms with E-state index in [0.717, 1.165) is 22.8 Å². The molecular formula is C18H30N6OS. The van der Waals surface area contributed by atoms with Gasteiger partial charge in [0.2, 0.25) is 0 Å².